The molecule has 0 aliphatic heterocycles. The van der Waals surface area contributed by atoms with Gasteiger partial charge >= 0.3 is 0 Å². The number of rotatable bonds is 5. The van der Waals surface area contributed by atoms with Crippen LogP contribution in [-0.4, -0.2) is 37.6 Å². The quantitative estimate of drug-likeness (QED) is 0.425. The number of aromatic nitrogens is 4. The maximum Gasteiger partial charge on any atom is 0.268 e. The highest BCUT2D eigenvalue weighted by molar-refractivity contribution is 7.17. The van der Waals surface area contributed by atoms with Crippen molar-refractivity contribution in [2.75, 3.05) is 7.05 Å². The molecule has 3 aromatic heterocycles. The number of nitrogens with one attached hydrogen (secondary N) is 1. The molecule has 0 fully saturated rings. The van der Waals surface area contributed by atoms with E-state index in [0.717, 1.165) is 16.8 Å². The second-order valence-electron chi connectivity index (χ2n) is 7.80. The number of carbonyl (C=O) groups is 1. The first-order valence-electron chi connectivity index (χ1n) is 10.4. The van der Waals surface area contributed by atoms with E-state index in [9.17, 15) is 9.59 Å². The van der Waals surface area contributed by atoms with Crippen LogP contribution in [0.3, 0.4) is 0 Å². The van der Waals surface area contributed by atoms with Crippen LogP contribution in [0.2, 0.25) is 0 Å². The molecule has 0 spiro atoms. The van der Waals surface area contributed by atoms with Gasteiger partial charge in [0.15, 0.2) is 0 Å². The minimum Gasteiger partial charge on any atom is -0.334 e. The van der Waals surface area contributed by atoms with Crippen molar-refractivity contribution in [1.82, 2.24) is 24.6 Å². The van der Waals surface area contributed by atoms with Gasteiger partial charge in [-0.25, -0.2) is 9.67 Å². The number of hydrogen-bond acceptors (Lipinski definition) is 5. The van der Waals surface area contributed by atoms with Gasteiger partial charge in [-0.05, 0) is 36.1 Å². The van der Waals surface area contributed by atoms with E-state index in [1.807, 2.05) is 66.9 Å². The van der Waals surface area contributed by atoms with Gasteiger partial charge in [-0.1, -0.05) is 42.5 Å². The Morgan fingerprint density at radius 3 is 2.64 bits per heavy atom. The predicted octanol–water partition coefficient (Wildman–Crippen LogP) is 4.42. The highest BCUT2D eigenvalue weighted by Crippen LogP contribution is 2.27. The molecule has 0 saturated carbocycles. The zero-order valence-electron chi connectivity index (χ0n) is 18.1. The minimum atomic E-state index is -0.205. The molecule has 0 atom stereocenters. The summed E-state index contributed by atoms with van der Waals surface area (Å²) >= 11 is 1.35. The van der Waals surface area contributed by atoms with E-state index < -0.39 is 0 Å². The van der Waals surface area contributed by atoms with Gasteiger partial charge in [0.2, 0.25) is 0 Å². The van der Waals surface area contributed by atoms with Crippen LogP contribution in [0.1, 0.15) is 21.7 Å². The highest BCUT2D eigenvalue weighted by Gasteiger charge is 2.23. The molecule has 0 aliphatic carbocycles. The number of fused-ring (bicyclic) bond motifs is 1. The van der Waals surface area contributed by atoms with Gasteiger partial charge in [0.25, 0.3) is 11.5 Å². The molecular weight excluding hydrogens is 434 g/mol. The van der Waals surface area contributed by atoms with E-state index in [4.69, 9.17) is 5.10 Å². The molecule has 5 aromatic rings. The van der Waals surface area contributed by atoms with Gasteiger partial charge in [-0.2, -0.15) is 5.10 Å². The third-order valence-corrected chi connectivity index (χ3v) is 6.37. The first-order chi connectivity index (χ1) is 16.0. The van der Waals surface area contributed by atoms with Crippen LogP contribution >= 0.6 is 11.3 Å². The summed E-state index contributed by atoms with van der Waals surface area (Å²) in [5, 5.41) is 6.60. The topological polar surface area (TPSA) is 83.9 Å². The molecule has 0 unspecified atom stereocenters. The van der Waals surface area contributed by atoms with Crippen LogP contribution < -0.4 is 5.56 Å². The standard InChI is InChI=1S/C25H21N5O2S/c1-16-8-6-7-11-18(16)22-19(14-30(28-22)17-9-4-3-5-10-17)25(32)29(2)15-21-26-20-12-13-33-23(20)24(31)27-21/h3-14H,15H2,1-2H3,(H,26,27,31). The smallest absolute Gasteiger partial charge is 0.268 e. The van der Waals surface area contributed by atoms with E-state index in [1.165, 1.54) is 11.3 Å². The summed E-state index contributed by atoms with van der Waals surface area (Å²) in [6.45, 7) is 2.17. The first-order valence-corrected chi connectivity index (χ1v) is 11.3. The summed E-state index contributed by atoms with van der Waals surface area (Å²) in [5.74, 6) is 0.234. The number of carbonyl (C=O) groups excluding carboxylic acids is 1. The van der Waals surface area contributed by atoms with Gasteiger partial charge in [0, 0.05) is 18.8 Å². The van der Waals surface area contributed by atoms with Crippen molar-refractivity contribution in [1.29, 1.82) is 0 Å². The van der Waals surface area contributed by atoms with Crippen LogP contribution in [-0.2, 0) is 6.54 Å². The summed E-state index contributed by atoms with van der Waals surface area (Å²) in [4.78, 5) is 34.7. The van der Waals surface area contributed by atoms with Crippen molar-refractivity contribution in [3.05, 3.63) is 99.5 Å². The SMILES string of the molecule is Cc1ccccc1-c1nn(-c2ccccc2)cc1C(=O)N(C)Cc1nc2ccsc2c(=O)[nH]1. The fourth-order valence-electron chi connectivity index (χ4n) is 3.78. The van der Waals surface area contributed by atoms with Crippen molar-refractivity contribution in [2.45, 2.75) is 13.5 Å². The molecule has 0 radical (unpaired) electrons. The summed E-state index contributed by atoms with van der Waals surface area (Å²) in [6, 6.07) is 19.4. The van der Waals surface area contributed by atoms with Crippen molar-refractivity contribution in [2.24, 2.45) is 0 Å². The van der Waals surface area contributed by atoms with Crippen LogP contribution in [0.4, 0.5) is 0 Å². The van der Waals surface area contributed by atoms with Crippen LogP contribution in [0.5, 0.6) is 0 Å². The van der Waals surface area contributed by atoms with Crippen molar-refractivity contribution < 1.29 is 4.79 Å². The Morgan fingerprint density at radius 1 is 1.09 bits per heavy atom. The molecule has 0 aliphatic rings. The molecule has 0 bridgehead atoms. The van der Waals surface area contributed by atoms with Crippen LogP contribution in [0.25, 0.3) is 27.2 Å². The van der Waals surface area contributed by atoms with Crippen molar-refractivity contribution in [3.63, 3.8) is 0 Å². The Balaban J connectivity index is 1.53. The number of amides is 1. The zero-order chi connectivity index (χ0) is 22.9. The molecule has 164 valence electrons. The monoisotopic (exact) mass is 455 g/mol. The second-order valence-corrected chi connectivity index (χ2v) is 8.71. The second kappa shape index (κ2) is 8.48. The van der Waals surface area contributed by atoms with Gasteiger partial charge < -0.3 is 9.88 Å². The Hall–Kier alpha value is -4.04. The highest BCUT2D eigenvalue weighted by atomic mass is 32.1. The van der Waals surface area contributed by atoms with Gasteiger partial charge in [0.05, 0.1) is 23.3 Å². The number of thiophene rings is 1. The fourth-order valence-corrected chi connectivity index (χ4v) is 4.51. The van der Waals surface area contributed by atoms with Gasteiger partial charge in [-0.15, -0.1) is 11.3 Å². The lowest BCUT2D eigenvalue weighted by molar-refractivity contribution is 0.0782. The number of aryl methyl sites for hydroxylation is 1. The largest absolute Gasteiger partial charge is 0.334 e. The maximum atomic E-state index is 13.6. The molecule has 5 rings (SSSR count). The zero-order valence-corrected chi connectivity index (χ0v) is 19.0. The summed E-state index contributed by atoms with van der Waals surface area (Å²) in [5.41, 5.74) is 4.33. The van der Waals surface area contributed by atoms with Crippen molar-refractivity contribution in [3.8, 4) is 16.9 Å². The van der Waals surface area contributed by atoms with Crippen LogP contribution in [0.15, 0.2) is 77.0 Å². The maximum absolute atomic E-state index is 13.6. The Labute approximate surface area is 194 Å². The summed E-state index contributed by atoms with van der Waals surface area (Å²) < 4.78 is 2.30. The number of hydrogen-bond donors (Lipinski definition) is 1. The van der Waals surface area contributed by atoms with Gasteiger partial charge in [0.1, 0.15) is 16.2 Å². The molecule has 2 aromatic carbocycles. The van der Waals surface area contributed by atoms with E-state index in [0.29, 0.717) is 27.3 Å². The number of para-hydroxylation sites is 1. The van der Waals surface area contributed by atoms with E-state index in [-0.39, 0.29) is 18.0 Å². The third-order valence-electron chi connectivity index (χ3n) is 5.46. The molecule has 8 heteroatoms. The number of benzene rings is 2. The lowest BCUT2D eigenvalue weighted by Gasteiger charge is -2.16. The third kappa shape index (κ3) is 3.96. The lowest BCUT2D eigenvalue weighted by atomic mass is 10.0. The Bertz CT molecular complexity index is 1520. The number of H-pyrrole nitrogens is 1. The van der Waals surface area contributed by atoms with E-state index in [1.54, 1.807) is 28.9 Å². The minimum absolute atomic E-state index is 0.170. The normalized spacial score (nSPS) is 11.1. The lowest BCUT2D eigenvalue weighted by Crippen LogP contribution is -2.28. The predicted molar refractivity (Wildman–Crippen MR) is 130 cm³/mol. The van der Waals surface area contributed by atoms with E-state index >= 15 is 0 Å². The number of aromatic amines is 1. The Kier molecular flexibility index (Phi) is 5.35. The van der Waals surface area contributed by atoms with E-state index in [2.05, 4.69) is 9.97 Å². The molecule has 1 N–H and O–H groups in total. The number of nitrogens with zero attached hydrogens (tertiary/aromatic N) is 4. The summed E-state index contributed by atoms with van der Waals surface area (Å²) in [7, 11) is 1.70. The molecule has 1 amide bonds. The van der Waals surface area contributed by atoms with Gasteiger partial charge in [-0.3, -0.25) is 9.59 Å². The average molecular weight is 456 g/mol. The van der Waals surface area contributed by atoms with Crippen molar-refractivity contribution >= 4 is 27.5 Å². The first kappa shape index (κ1) is 20.8. The average Bonchev–Trinajstić information content (AvgIpc) is 3.47. The molecule has 7 nitrogen and oxygen atoms in total. The summed E-state index contributed by atoms with van der Waals surface area (Å²) in [6.07, 6.45) is 1.76. The molecular formula is C25H21N5O2S. The van der Waals surface area contributed by atoms with Crippen LogP contribution in [0, 0.1) is 6.92 Å². The molecule has 33 heavy (non-hydrogen) atoms. The fraction of sp³-hybridized carbons (Fsp3) is 0.120. The molecule has 0 saturated heterocycles. The molecule has 3 heterocycles. The Morgan fingerprint density at radius 2 is 1.85 bits per heavy atom.